The molecule has 1 atom stereocenters. The molecular formula is C12H9ClF3NO4. The van der Waals surface area contributed by atoms with Gasteiger partial charge in [-0.3, -0.25) is 14.5 Å². The van der Waals surface area contributed by atoms with Crippen LogP contribution < -0.4 is 9.64 Å². The van der Waals surface area contributed by atoms with E-state index in [1.165, 1.54) is 12.1 Å². The van der Waals surface area contributed by atoms with E-state index in [1.807, 2.05) is 0 Å². The summed E-state index contributed by atoms with van der Waals surface area (Å²) in [6.45, 7) is -0.177. The van der Waals surface area contributed by atoms with Crippen LogP contribution in [0.25, 0.3) is 0 Å². The fourth-order valence-electron chi connectivity index (χ4n) is 1.82. The molecule has 2 rings (SSSR count). The van der Waals surface area contributed by atoms with Gasteiger partial charge >= 0.3 is 6.36 Å². The SMILES string of the molecule is O=C(Cl)CC1OCN(c2cccc(OC(F)(F)F)c2)C1=O. The second-order valence-corrected chi connectivity index (χ2v) is 4.58. The maximum atomic E-state index is 12.2. The Kier molecular flexibility index (Phi) is 4.38. The molecule has 0 radical (unpaired) electrons. The van der Waals surface area contributed by atoms with Crippen molar-refractivity contribution in [3.8, 4) is 5.75 Å². The summed E-state index contributed by atoms with van der Waals surface area (Å²) in [5.74, 6) is -1.00. The zero-order valence-corrected chi connectivity index (χ0v) is 11.1. The quantitative estimate of drug-likeness (QED) is 0.799. The van der Waals surface area contributed by atoms with Crippen LogP contribution in [0.3, 0.4) is 0 Å². The summed E-state index contributed by atoms with van der Waals surface area (Å²) in [7, 11) is 0. The first-order valence-corrected chi connectivity index (χ1v) is 6.11. The standard InChI is InChI=1S/C12H9ClF3NO4/c13-10(18)5-9-11(19)17(6-20-9)7-2-1-3-8(4-7)21-12(14,15)16/h1-4,9H,5-6H2. The zero-order valence-electron chi connectivity index (χ0n) is 10.4. The highest BCUT2D eigenvalue weighted by atomic mass is 35.5. The molecule has 1 aromatic rings. The number of ether oxygens (including phenoxy) is 2. The van der Waals surface area contributed by atoms with Gasteiger partial charge in [0.15, 0.2) is 0 Å². The Hall–Kier alpha value is -1.80. The van der Waals surface area contributed by atoms with E-state index in [2.05, 4.69) is 4.74 Å². The Morgan fingerprint density at radius 1 is 1.48 bits per heavy atom. The highest BCUT2D eigenvalue weighted by Crippen LogP contribution is 2.29. The molecule has 1 amide bonds. The largest absolute Gasteiger partial charge is 0.573 e. The minimum absolute atomic E-state index is 0.172. The molecule has 0 spiro atoms. The number of amides is 1. The summed E-state index contributed by atoms with van der Waals surface area (Å²) in [6.07, 6.45) is -6.14. The van der Waals surface area contributed by atoms with Crippen molar-refractivity contribution in [2.24, 2.45) is 0 Å². The summed E-state index contributed by atoms with van der Waals surface area (Å²) in [4.78, 5) is 23.8. The summed E-state index contributed by atoms with van der Waals surface area (Å²) < 4.78 is 45.3. The van der Waals surface area contributed by atoms with Gasteiger partial charge in [-0.25, -0.2) is 0 Å². The second kappa shape index (κ2) is 5.90. The third-order valence-electron chi connectivity index (χ3n) is 2.66. The number of halogens is 4. The number of carbonyl (C=O) groups is 2. The predicted molar refractivity (Wildman–Crippen MR) is 65.8 cm³/mol. The van der Waals surface area contributed by atoms with E-state index in [0.29, 0.717) is 0 Å². The minimum Gasteiger partial charge on any atom is -0.406 e. The van der Waals surface area contributed by atoms with Gasteiger partial charge < -0.3 is 9.47 Å². The number of hydrogen-bond donors (Lipinski definition) is 0. The fraction of sp³-hybridized carbons (Fsp3) is 0.333. The molecule has 0 aromatic heterocycles. The average molecular weight is 324 g/mol. The number of rotatable bonds is 4. The first-order chi connectivity index (χ1) is 9.76. The van der Waals surface area contributed by atoms with Crippen LogP contribution in [-0.4, -0.2) is 30.3 Å². The fourth-order valence-corrected chi connectivity index (χ4v) is 1.96. The third-order valence-corrected chi connectivity index (χ3v) is 2.81. The maximum absolute atomic E-state index is 12.2. The van der Waals surface area contributed by atoms with Gasteiger partial charge in [-0.2, -0.15) is 0 Å². The Labute approximate surface area is 122 Å². The van der Waals surface area contributed by atoms with Crippen molar-refractivity contribution >= 4 is 28.4 Å². The topological polar surface area (TPSA) is 55.8 Å². The molecule has 9 heteroatoms. The van der Waals surface area contributed by atoms with Crippen molar-refractivity contribution in [2.75, 3.05) is 11.6 Å². The Morgan fingerprint density at radius 2 is 2.19 bits per heavy atom. The van der Waals surface area contributed by atoms with Crippen molar-refractivity contribution in [1.82, 2.24) is 0 Å². The molecule has 0 aliphatic carbocycles. The molecular weight excluding hydrogens is 315 g/mol. The summed E-state index contributed by atoms with van der Waals surface area (Å²) in [5, 5.41) is -0.732. The number of benzene rings is 1. The minimum atomic E-state index is -4.82. The highest BCUT2D eigenvalue weighted by Gasteiger charge is 2.35. The second-order valence-electron chi connectivity index (χ2n) is 4.16. The zero-order chi connectivity index (χ0) is 15.6. The van der Waals surface area contributed by atoms with Crippen molar-refractivity contribution in [1.29, 1.82) is 0 Å². The van der Waals surface area contributed by atoms with Gasteiger partial charge in [0.1, 0.15) is 18.6 Å². The lowest BCUT2D eigenvalue weighted by molar-refractivity contribution is -0.274. The van der Waals surface area contributed by atoms with E-state index in [4.69, 9.17) is 16.3 Å². The molecule has 1 aliphatic rings. The number of anilines is 1. The molecule has 114 valence electrons. The van der Waals surface area contributed by atoms with Gasteiger partial charge in [-0.15, -0.1) is 13.2 Å². The lowest BCUT2D eigenvalue weighted by atomic mass is 10.2. The third kappa shape index (κ3) is 4.08. The summed E-state index contributed by atoms with van der Waals surface area (Å²) >= 11 is 5.18. The number of hydrogen-bond acceptors (Lipinski definition) is 4. The van der Waals surface area contributed by atoms with Gasteiger partial charge in [0.25, 0.3) is 5.91 Å². The molecule has 0 N–H and O–H groups in total. The van der Waals surface area contributed by atoms with Gasteiger partial charge in [0.05, 0.1) is 6.42 Å². The molecule has 1 fully saturated rings. The van der Waals surface area contributed by atoms with Crippen molar-refractivity contribution < 1.29 is 32.2 Å². The Balaban J connectivity index is 2.14. The van der Waals surface area contributed by atoms with Crippen LogP contribution in [0.5, 0.6) is 5.75 Å². The average Bonchev–Trinajstić information content (AvgIpc) is 2.68. The molecule has 21 heavy (non-hydrogen) atoms. The molecule has 0 saturated carbocycles. The van der Waals surface area contributed by atoms with Crippen LogP contribution in [0.4, 0.5) is 18.9 Å². The molecule has 0 bridgehead atoms. The van der Waals surface area contributed by atoms with Gasteiger partial charge in [-0.05, 0) is 23.7 Å². The lowest BCUT2D eigenvalue weighted by Gasteiger charge is -2.16. The van der Waals surface area contributed by atoms with Crippen LogP contribution in [-0.2, 0) is 14.3 Å². The normalized spacial score (nSPS) is 19.0. The Morgan fingerprint density at radius 3 is 2.81 bits per heavy atom. The molecule has 1 aliphatic heterocycles. The van der Waals surface area contributed by atoms with Gasteiger partial charge in [0.2, 0.25) is 5.24 Å². The first-order valence-electron chi connectivity index (χ1n) is 5.73. The molecule has 5 nitrogen and oxygen atoms in total. The molecule has 1 heterocycles. The smallest absolute Gasteiger partial charge is 0.406 e. The van der Waals surface area contributed by atoms with Crippen molar-refractivity contribution in [3.05, 3.63) is 24.3 Å². The van der Waals surface area contributed by atoms with Crippen LogP contribution in [0.2, 0.25) is 0 Å². The van der Waals surface area contributed by atoms with Crippen LogP contribution in [0.15, 0.2) is 24.3 Å². The molecule has 1 aromatic carbocycles. The van der Waals surface area contributed by atoms with Crippen LogP contribution >= 0.6 is 11.6 Å². The van der Waals surface area contributed by atoms with E-state index in [-0.39, 0.29) is 18.8 Å². The Bertz CT molecular complexity index is 564. The van der Waals surface area contributed by atoms with Gasteiger partial charge in [-0.1, -0.05) is 6.07 Å². The predicted octanol–water partition coefficient (Wildman–Crippen LogP) is 2.43. The van der Waals surface area contributed by atoms with E-state index in [0.717, 1.165) is 17.0 Å². The van der Waals surface area contributed by atoms with Crippen LogP contribution in [0.1, 0.15) is 6.42 Å². The van der Waals surface area contributed by atoms with Gasteiger partial charge in [0, 0.05) is 11.8 Å². The van der Waals surface area contributed by atoms with E-state index in [9.17, 15) is 22.8 Å². The van der Waals surface area contributed by atoms with E-state index < -0.39 is 29.4 Å². The summed E-state index contributed by atoms with van der Waals surface area (Å²) in [6, 6.07) is 4.90. The van der Waals surface area contributed by atoms with Crippen LogP contribution in [0, 0.1) is 0 Å². The summed E-state index contributed by atoms with van der Waals surface area (Å²) in [5.41, 5.74) is 0.172. The number of alkyl halides is 3. The van der Waals surface area contributed by atoms with Crippen molar-refractivity contribution in [2.45, 2.75) is 18.9 Å². The lowest BCUT2D eigenvalue weighted by Crippen LogP contribution is -2.30. The maximum Gasteiger partial charge on any atom is 0.573 e. The highest BCUT2D eigenvalue weighted by molar-refractivity contribution is 6.63. The molecule has 1 saturated heterocycles. The monoisotopic (exact) mass is 323 g/mol. The van der Waals surface area contributed by atoms with E-state index >= 15 is 0 Å². The first kappa shape index (κ1) is 15.6. The van der Waals surface area contributed by atoms with Crippen molar-refractivity contribution in [3.63, 3.8) is 0 Å². The molecule has 1 unspecified atom stereocenters. The number of nitrogens with zero attached hydrogens (tertiary/aromatic N) is 1. The number of carbonyl (C=O) groups excluding carboxylic acids is 2. The van der Waals surface area contributed by atoms with E-state index in [1.54, 1.807) is 0 Å².